The summed E-state index contributed by atoms with van der Waals surface area (Å²) in [4.78, 5) is 3.43. The van der Waals surface area contributed by atoms with E-state index in [1.54, 1.807) is 7.11 Å². The zero-order chi connectivity index (χ0) is 16.9. The normalized spacial score (nSPS) is 10.6. The second-order valence-corrected chi connectivity index (χ2v) is 6.05. The number of aromatic amines is 1. The summed E-state index contributed by atoms with van der Waals surface area (Å²) in [7, 11) is 1.65. The molecule has 24 heavy (non-hydrogen) atoms. The maximum absolute atomic E-state index is 5.37. The molecule has 2 aromatic carbocycles. The van der Waals surface area contributed by atoms with Crippen LogP contribution in [-0.4, -0.2) is 23.8 Å². The van der Waals surface area contributed by atoms with Crippen LogP contribution in [0.5, 0.6) is 5.75 Å². The first kappa shape index (κ1) is 16.3. The van der Waals surface area contributed by atoms with E-state index in [1.807, 2.05) is 30.3 Å². The predicted molar refractivity (Wildman–Crippen MR) is 104 cm³/mol. The highest BCUT2D eigenvalue weighted by molar-refractivity contribution is 7.80. The van der Waals surface area contributed by atoms with Gasteiger partial charge >= 0.3 is 0 Å². The Bertz CT molecular complexity index is 857. The second kappa shape index (κ2) is 7.36. The van der Waals surface area contributed by atoms with E-state index < -0.39 is 0 Å². The average Bonchev–Trinajstić information content (AvgIpc) is 2.91. The molecule has 0 saturated carbocycles. The lowest BCUT2D eigenvalue weighted by molar-refractivity contribution is 0.415. The standard InChI is InChI=1S/C19H21N3OS/c1-13-16(17-8-3-4-9-18(17)21-13)10-11-20-19(24)22-14-6-5-7-15(12-14)23-2/h3-9,12,21H,10-11H2,1-2H3,(H2,20,22,24). The monoisotopic (exact) mass is 339 g/mol. The number of anilines is 1. The summed E-state index contributed by atoms with van der Waals surface area (Å²) < 4.78 is 5.21. The van der Waals surface area contributed by atoms with Gasteiger partial charge in [-0.05, 0) is 49.3 Å². The van der Waals surface area contributed by atoms with Crippen LogP contribution in [-0.2, 0) is 6.42 Å². The molecule has 0 atom stereocenters. The lowest BCUT2D eigenvalue weighted by atomic mass is 10.1. The molecule has 0 aliphatic heterocycles. The highest BCUT2D eigenvalue weighted by Gasteiger charge is 2.07. The Morgan fingerprint density at radius 2 is 2.00 bits per heavy atom. The van der Waals surface area contributed by atoms with E-state index in [-0.39, 0.29) is 0 Å². The molecule has 0 aliphatic rings. The molecule has 1 heterocycles. The Hall–Kier alpha value is -2.53. The lowest BCUT2D eigenvalue weighted by Gasteiger charge is -2.11. The third-order valence-electron chi connectivity index (χ3n) is 4.02. The van der Waals surface area contributed by atoms with Gasteiger partial charge in [-0.2, -0.15) is 0 Å². The number of nitrogens with one attached hydrogen (secondary N) is 3. The van der Waals surface area contributed by atoms with Crippen molar-refractivity contribution in [2.45, 2.75) is 13.3 Å². The van der Waals surface area contributed by atoms with Gasteiger partial charge in [0.25, 0.3) is 0 Å². The van der Waals surface area contributed by atoms with Crippen LogP contribution in [0.3, 0.4) is 0 Å². The van der Waals surface area contributed by atoms with Crippen molar-refractivity contribution in [3.8, 4) is 5.75 Å². The molecule has 0 spiro atoms. The van der Waals surface area contributed by atoms with Crippen LogP contribution in [0.15, 0.2) is 48.5 Å². The van der Waals surface area contributed by atoms with Crippen LogP contribution in [0.2, 0.25) is 0 Å². The van der Waals surface area contributed by atoms with Crippen molar-refractivity contribution in [3.05, 3.63) is 59.8 Å². The van der Waals surface area contributed by atoms with Crippen LogP contribution >= 0.6 is 12.2 Å². The average molecular weight is 339 g/mol. The third kappa shape index (κ3) is 3.68. The van der Waals surface area contributed by atoms with Crippen LogP contribution in [0.1, 0.15) is 11.3 Å². The SMILES string of the molecule is COc1cccc(NC(=S)NCCc2c(C)[nH]c3ccccc23)c1. The van der Waals surface area contributed by atoms with Gasteiger partial charge in [0.1, 0.15) is 5.75 Å². The van der Waals surface area contributed by atoms with Gasteiger partial charge in [-0.25, -0.2) is 0 Å². The van der Waals surface area contributed by atoms with Crippen LogP contribution in [0.4, 0.5) is 5.69 Å². The van der Waals surface area contributed by atoms with Crippen LogP contribution in [0.25, 0.3) is 10.9 Å². The number of benzene rings is 2. The summed E-state index contributed by atoms with van der Waals surface area (Å²) in [6.45, 7) is 2.89. The molecule has 0 amide bonds. The number of aromatic nitrogens is 1. The molecular weight excluding hydrogens is 318 g/mol. The van der Waals surface area contributed by atoms with Gasteiger partial charge < -0.3 is 20.4 Å². The summed E-state index contributed by atoms with van der Waals surface area (Å²) in [5.74, 6) is 0.803. The molecule has 4 nitrogen and oxygen atoms in total. The zero-order valence-electron chi connectivity index (χ0n) is 13.8. The molecule has 3 rings (SSSR count). The molecule has 124 valence electrons. The number of methoxy groups -OCH3 is 1. The molecule has 0 aliphatic carbocycles. The number of aryl methyl sites for hydroxylation is 1. The number of ether oxygens (including phenoxy) is 1. The number of para-hydroxylation sites is 1. The topological polar surface area (TPSA) is 49.1 Å². The fourth-order valence-corrected chi connectivity index (χ4v) is 3.05. The molecule has 5 heteroatoms. The molecule has 1 aromatic heterocycles. The summed E-state index contributed by atoms with van der Waals surface area (Å²) >= 11 is 5.37. The summed E-state index contributed by atoms with van der Waals surface area (Å²) in [6, 6.07) is 16.1. The van der Waals surface area contributed by atoms with Crippen molar-refractivity contribution in [1.82, 2.24) is 10.3 Å². The van der Waals surface area contributed by atoms with Crippen molar-refractivity contribution in [1.29, 1.82) is 0 Å². The van der Waals surface area contributed by atoms with E-state index in [1.165, 1.54) is 22.2 Å². The number of rotatable bonds is 5. The number of H-pyrrole nitrogens is 1. The minimum Gasteiger partial charge on any atom is -0.497 e. The molecule has 3 aromatic rings. The van der Waals surface area contributed by atoms with Crippen molar-refractivity contribution in [2.75, 3.05) is 19.0 Å². The van der Waals surface area contributed by atoms with Gasteiger partial charge in [-0.3, -0.25) is 0 Å². The Morgan fingerprint density at radius 3 is 2.83 bits per heavy atom. The number of thiocarbonyl (C=S) groups is 1. The molecule has 0 radical (unpaired) electrons. The van der Waals surface area contributed by atoms with E-state index >= 15 is 0 Å². The van der Waals surface area contributed by atoms with E-state index in [0.29, 0.717) is 5.11 Å². The first-order valence-electron chi connectivity index (χ1n) is 7.92. The van der Waals surface area contributed by atoms with E-state index in [4.69, 9.17) is 17.0 Å². The van der Waals surface area contributed by atoms with Crippen LogP contribution < -0.4 is 15.4 Å². The van der Waals surface area contributed by atoms with Crippen LogP contribution in [0, 0.1) is 6.92 Å². The van der Waals surface area contributed by atoms with E-state index in [2.05, 4.69) is 40.7 Å². The van der Waals surface area contributed by atoms with E-state index in [9.17, 15) is 0 Å². The quantitative estimate of drug-likeness (QED) is 0.615. The first-order chi connectivity index (χ1) is 11.7. The first-order valence-corrected chi connectivity index (χ1v) is 8.33. The van der Waals surface area contributed by atoms with Crippen molar-refractivity contribution in [2.24, 2.45) is 0 Å². The van der Waals surface area contributed by atoms with E-state index in [0.717, 1.165) is 24.4 Å². The number of fused-ring (bicyclic) bond motifs is 1. The second-order valence-electron chi connectivity index (χ2n) is 5.64. The highest BCUT2D eigenvalue weighted by Crippen LogP contribution is 2.22. The van der Waals surface area contributed by atoms with Gasteiger partial charge in [0, 0.05) is 34.9 Å². The molecule has 0 unspecified atom stereocenters. The summed E-state index contributed by atoms with van der Waals surface area (Å²) in [5.41, 5.74) is 4.64. The Morgan fingerprint density at radius 1 is 1.17 bits per heavy atom. The summed E-state index contributed by atoms with van der Waals surface area (Å²) in [6.07, 6.45) is 0.912. The Labute approximate surface area is 147 Å². The predicted octanol–water partition coefficient (Wildman–Crippen LogP) is 4.01. The van der Waals surface area contributed by atoms with Gasteiger partial charge in [-0.1, -0.05) is 24.3 Å². The maximum atomic E-state index is 5.37. The molecule has 3 N–H and O–H groups in total. The largest absolute Gasteiger partial charge is 0.497 e. The zero-order valence-corrected chi connectivity index (χ0v) is 14.7. The molecule has 0 saturated heterocycles. The van der Waals surface area contributed by atoms with Crippen molar-refractivity contribution < 1.29 is 4.74 Å². The molecular formula is C19H21N3OS. The van der Waals surface area contributed by atoms with Gasteiger partial charge in [0.15, 0.2) is 5.11 Å². The maximum Gasteiger partial charge on any atom is 0.170 e. The highest BCUT2D eigenvalue weighted by atomic mass is 32.1. The van der Waals surface area contributed by atoms with Gasteiger partial charge in [-0.15, -0.1) is 0 Å². The molecule has 0 bridgehead atoms. The minimum absolute atomic E-state index is 0.612. The number of hydrogen-bond donors (Lipinski definition) is 3. The lowest BCUT2D eigenvalue weighted by Crippen LogP contribution is -2.30. The Kier molecular flexibility index (Phi) is 5.01. The fourth-order valence-electron chi connectivity index (χ4n) is 2.83. The van der Waals surface area contributed by atoms with Crippen molar-refractivity contribution in [3.63, 3.8) is 0 Å². The van der Waals surface area contributed by atoms with Crippen molar-refractivity contribution >= 4 is 33.9 Å². The fraction of sp³-hybridized carbons (Fsp3) is 0.211. The Balaban J connectivity index is 1.57. The minimum atomic E-state index is 0.612. The summed E-state index contributed by atoms with van der Waals surface area (Å²) in [5, 5.41) is 8.34. The third-order valence-corrected chi connectivity index (χ3v) is 4.26. The molecule has 0 fully saturated rings. The number of hydrogen-bond acceptors (Lipinski definition) is 2. The van der Waals surface area contributed by atoms with Gasteiger partial charge in [0.05, 0.1) is 7.11 Å². The van der Waals surface area contributed by atoms with Gasteiger partial charge in [0.2, 0.25) is 0 Å². The smallest absolute Gasteiger partial charge is 0.170 e.